The SMILES string of the molecule is N#Cc1ccc(N(c2ccc(-c3c4ccccc4c(-c4cccc5ccccc45)c4ccccc34)cc2)c2cc3cccc4ccc5cccc2c5c43)cc1. The van der Waals surface area contributed by atoms with Gasteiger partial charge in [-0.1, -0.05) is 152 Å². The van der Waals surface area contributed by atoms with Crippen molar-refractivity contribution in [3.8, 4) is 28.3 Å². The number of nitrogens with zero attached hydrogens (tertiary/aromatic N) is 2. The van der Waals surface area contributed by atoms with Gasteiger partial charge in [0.25, 0.3) is 0 Å². The van der Waals surface area contributed by atoms with Gasteiger partial charge in [-0.15, -0.1) is 0 Å². The van der Waals surface area contributed by atoms with Gasteiger partial charge in [-0.2, -0.15) is 5.26 Å². The highest BCUT2D eigenvalue weighted by molar-refractivity contribution is 6.27. The molecule has 11 rings (SSSR count). The van der Waals surface area contributed by atoms with Crippen LogP contribution in [0.1, 0.15) is 5.56 Å². The Kier molecular flexibility index (Phi) is 6.96. The maximum absolute atomic E-state index is 9.67. The predicted molar refractivity (Wildman–Crippen MR) is 233 cm³/mol. The Bertz CT molecular complexity index is 3250. The minimum atomic E-state index is 0.639. The molecular weight excluding hydrogens is 665 g/mol. The average molecular weight is 697 g/mol. The number of anilines is 3. The van der Waals surface area contributed by atoms with Gasteiger partial charge in [-0.3, -0.25) is 0 Å². The molecule has 0 N–H and O–H groups in total. The van der Waals surface area contributed by atoms with Crippen LogP contribution in [0.3, 0.4) is 0 Å². The highest BCUT2D eigenvalue weighted by Crippen LogP contribution is 2.48. The van der Waals surface area contributed by atoms with E-state index in [-0.39, 0.29) is 0 Å². The van der Waals surface area contributed by atoms with Crippen molar-refractivity contribution in [1.29, 1.82) is 5.26 Å². The number of hydrogen-bond donors (Lipinski definition) is 0. The van der Waals surface area contributed by atoms with Crippen LogP contribution < -0.4 is 4.90 Å². The minimum Gasteiger partial charge on any atom is -0.310 e. The Morgan fingerprint density at radius 2 is 0.855 bits per heavy atom. The highest BCUT2D eigenvalue weighted by atomic mass is 15.1. The third kappa shape index (κ3) is 4.81. The fourth-order valence-corrected chi connectivity index (χ4v) is 8.99. The number of fused-ring (bicyclic) bond motifs is 3. The normalized spacial score (nSPS) is 11.6. The summed E-state index contributed by atoms with van der Waals surface area (Å²) in [5.74, 6) is 0. The van der Waals surface area contributed by atoms with Crippen LogP contribution in [0.15, 0.2) is 194 Å². The molecule has 0 heterocycles. The molecule has 11 aromatic carbocycles. The Hall–Kier alpha value is -7.47. The van der Waals surface area contributed by atoms with Gasteiger partial charge in [0.15, 0.2) is 0 Å². The van der Waals surface area contributed by atoms with Gasteiger partial charge in [-0.25, -0.2) is 0 Å². The van der Waals surface area contributed by atoms with Crippen LogP contribution in [0, 0.1) is 11.3 Å². The van der Waals surface area contributed by atoms with Crippen molar-refractivity contribution in [2.45, 2.75) is 0 Å². The van der Waals surface area contributed by atoms with Crippen LogP contribution in [-0.2, 0) is 0 Å². The largest absolute Gasteiger partial charge is 0.310 e. The zero-order valence-electron chi connectivity index (χ0n) is 29.9. The summed E-state index contributed by atoms with van der Waals surface area (Å²) >= 11 is 0. The first-order valence-corrected chi connectivity index (χ1v) is 18.7. The first-order chi connectivity index (χ1) is 27.2. The molecule has 55 heavy (non-hydrogen) atoms. The van der Waals surface area contributed by atoms with Crippen LogP contribution in [0.2, 0.25) is 0 Å². The second-order valence-corrected chi connectivity index (χ2v) is 14.4. The van der Waals surface area contributed by atoms with Crippen molar-refractivity contribution in [3.05, 3.63) is 200 Å². The molecule has 0 aliphatic carbocycles. The van der Waals surface area contributed by atoms with E-state index in [9.17, 15) is 5.26 Å². The summed E-state index contributed by atoms with van der Waals surface area (Å²) in [4.78, 5) is 2.34. The number of benzene rings is 11. The van der Waals surface area contributed by atoms with E-state index in [4.69, 9.17) is 0 Å². The number of hydrogen-bond acceptors (Lipinski definition) is 2. The standard InChI is InChI=1S/C53H32N2/c54-33-34-22-28-40(29-23-34)55(49-32-39-14-7-12-36-24-25-37-13-9-21-48(49)52(37)50(36)39)41-30-26-38(27-31-41)51-44-16-3-5-18-46(44)53(47-19-6-4-17-45(47)51)43-20-8-11-35-10-1-2-15-42(35)43/h1-32H. The van der Waals surface area contributed by atoms with Crippen molar-refractivity contribution in [3.63, 3.8) is 0 Å². The topological polar surface area (TPSA) is 27.0 Å². The predicted octanol–water partition coefficient (Wildman–Crippen LogP) is 14.7. The molecule has 254 valence electrons. The lowest BCUT2D eigenvalue weighted by molar-refractivity contribution is 1.30. The van der Waals surface area contributed by atoms with Crippen molar-refractivity contribution >= 4 is 81.7 Å². The lowest BCUT2D eigenvalue weighted by atomic mass is 9.84. The van der Waals surface area contributed by atoms with Crippen molar-refractivity contribution in [2.75, 3.05) is 4.90 Å². The van der Waals surface area contributed by atoms with E-state index >= 15 is 0 Å². The Morgan fingerprint density at radius 1 is 0.364 bits per heavy atom. The summed E-state index contributed by atoms with van der Waals surface area (Å²) < 4.78 is 0. The lowest BCUT2D eigenvalue weighted by Crippen LogP contribution is -2.11. The quantitative estimate of drug-likeness (QED) is 0.132. The van der Waals surface area contributed by atoms with Gasteiger partial charge < -0.3 is 4.90 Å². The van der Waals surface area contributed by atoms with Crippen molar-refractivity contribution in [1.82, 2.24) is 0 Å². The molecule has 0 aromatic heterocycles. The Morgan fingerprint density at radius 3 is 1.53 bits per heavy atom. The third-order valence-electron chi connectivity index (χ3n) is 11.4. The molecule has 0 amide bonds. The summed E-state index contributed by atoms with van der Waals surface area (Å²) in [5, 5.41) is 24.5. The van der Waals surface area contributed by atoms with E-state index in [1.165, 1.54) is 81.3 Å². The van der Waals surface area contributed by atoms with Crippen molar-refractivity contribution in [2.24, 2.45) is 0 Å². The van der Waals surface area contributed by atoms with Gasteiger partial charge in [-0.05, 0) is 124 Å². The van der Waals surface area contributed by atoms with Gasteiger partial charge in [0.1, 0.15) is 0 Å². The molecule has 0 radical (unpaired) electrons. The summed E-state index contributed by atoms with van der Waals surface area (Å²) in [6.07, 6.45) is 0. The molecule has 2 nitrogen and oxygen atoms in total. The molecule has 0 fully saturated rings. The number of rotatable bonds is 5. The maximum atomic E-state index is 9.67. The summed E-state index contributed by atoms with van der Waals surface area (Å²) in [5.41, 5.74) is 8.69. The van der Waals surface area contributed by atoms with E-state index in [1.54, 1.807) is 0 Å². The molecule has 0 bridgehead atoms. The molecule has 0 saturated carbocycles. The molecule has 0 unspecified atom stereocenters. The zero-order valence-corrected chi connectivity index (χ0v) is 29.9. The molecule has 0 saturated heterocycles. The second-order valence-electron chi connectivity index (χ2n) is 14.4. The first kappa shape index (κ1) is 31.1. The molecule has 0 aliphatic heterocycles. The van der Waals surface area contributed by atoms with Crippen LogP contribution in [0.25, 0.3) is 86.9 Å². The average Bonchev–Trinajstić information content (AvgIpc) is 3.25. The van der Waals surface area contributed by atoms with Crippen LogP contribution in [-0.4, -0.2) is 0 Å². The molecule has 0 atom stereocenters. The third-order valence-corrected chi connectivity index (χ3v) is 11.4. The Balaban J connectivity index is 1.14. The van der Waals surface area contributed by atoms with Crippen LogP contribution in [0.4, 0.5) is 17.1 Å². The summed E-state index contributed by atoms with van der Waals surface area (Å²) in [6.45, 7) is 0. The first-order valence-electron chi connectivity index (χ1n) is 18.7. The molecule has 11 aromatic rings. The van der Waals surface area contributed by atoms with Gasteiger partial charge in [0, 0.05) is 16.8 Å². The van der Waals surface area contributed by atoms with E-state index in [0.29, 0.717) is 5.56 Å². The molecular formula is C53H32N2. The van der Waals surface area contributed by atoms with Crippen LogP contribution >= 0.6 is 0 Å². The van der Waals surface area contributed by atoms with Crippen LogP contribution in [0.5, 0.6) is 0 Å². The fourth-order valence-electron chi connectivity index (χ4n) is 8.99. The lowest BCUT2D eigenvalue weighted by Gasteiger charge is -2.28. The zero-order chi connectivity index (χ0) is 36.5. The summed E-state index contributed by atoms with van der Waals surface area (Å²) in [6, 6.07) is 72.3. The minimum absolute atomic E-state index is 0.639. The fraction of sp³-hybridized carbons (Fsp3) is 0. The monoisotopic (exact) mass is 696 g/mol. The molecule has 2 heteroatoms. The van der Waals surface area contributed by atoms with E-state index in [1.807, 2.05) is 12.1 Å². The number of nitriles is 1. The van der Waals surface area contributed by atoms with Gasteiger partial charge in [0.05, 0.1) is 17.3 Å². The van der Waals surface area contributed by atoms with Gasteiger partial charge >= 0.3 is 0 Å². The Labute approximate surface area is 318 Å². The highest BCUT2D eigenvalue weighted by Gasteiger charge is 2.21. The van der Waals surface area contributed by atoms with E-state index < -0.39 is 0 Å². The molecule has 0 spiro atoms. The van der Waals surface area contributed by atoms with Crippen molar-refractivity contribution < 1.29 is 0 Å². The van der Waals surface area contributed by atoms with E-state index in [2.05, 4.69) is 193 Å². The van der Waals surface area contributed by atoms with E-state index in [0.717, 1.165) is 22.6 Å². The summed E-state index contributed by atoms with van der Waals surface area (Å²) in [7, 11) is 0. The van der Waals surface area contributed by atoms with Gasteiger partial charge in [0.2, 0.25) is 0 Å². The second kappa shape index (κ2) is 12.3. The smallest absolute Gasteiger partial charge is 0.0991 e. The maximum Gasteiger partial charge on any atom is 0.0991 e. The molecule has 0 aliphatic rings.